The fraction of sp³-hybridized carbons (Fsp3) is 0. The lowest BCUT2D eigenvalue weighted by Gasteiger charge is -2.07. The molecule has 1 amide bonds. The molecular formula is C12H6F3N3O3. The summed E-state index contributed by atoms with van der Waals surface area (Å²) in [5, 5.41) is 12.5. The molecule has 0 atom stereocenters. The van der Waals surface area contributed by atoms with Crippen molar-refractivity contribution in [3.63, 3.8) is 0 Å². The molecule has 1 aromatic carbocycles. The first kappa shape index (κ1) is 14.4. The molecule has 21 heavy (non-hydrogen) atoms. The lowest BCUT2D eigenvalue weighted by molar-refractivity contribution is -0.387. The molecule has 1 N–H and O–H groups in total. The zero-order valence-electron chi connectivity index (χ0n) is 10.1. The molecule has 0 aliphatic heterocycles. The van der Waals surface area contributed by atoms with Crippen LogP contribution in [0, 0.1) is 27.6 Å². The first-order valence-corrected chi connectivity index (χ1v) is 5.45. The van der Waals surface area contributed by atoms with Gasteiger partial charge in [0.2, 0.25) is 5.82 Å². The van der Waals surface area contributed by atoms with Crippen LogP contribution in [-0.2, 0) is 0 Å². The quantitative estimate of drug-likeness (QED) is 0.697. The smallest absolute Gasteiger partial charge is 0.305 e. The van der Waals surface area contributed by atoms with E-state index in [1.807, 2.05) is 5.32 Å². The third kappa shape index (κ3) is 2.81. The van der Waals surface area contributed by atoms with Gasteiger partial charge in [-0.2, -0.15) is 4.39 Å². The minimum atomic E-state index is -1.63. The van der Waals surface area contributed by atoms with Gasteiger partial charge in [0.1, 0.15) is 11.4 Å². The highest BCUT2D eigenvalue weighted by Crippen LogP contribution is 2.24. The van der Waals surface area contributed by atoms with Crippen molar-refractivity contribution >= 4 is 17.3 Å². The second kappa shape index (κ2) is 5.57. The Morgan fingerprint density at radius 2 is 1.90 bits per heavy atom. The summed E-state index contributed by atoms with van der Waals surface area (Å²) in [5.74, 6) is -5.20. The highest BCUT2D eigenvalue weighted by molar-refractivity contribution is 6.05. The van der Waals surface area contributed by atoms with Gasteiger partial charge in [-0.15, -0.1) is 0 Å². The van der Waals surface area contributed by atoms with Crippen LogP contribution in [0.5, 0.6) is 0 Å². The van der Waals surface area contributed by atoms with Crippen LogP contribution in [0.1, 0.15) is 10.4 Å². The summed E-state index contributed by atoms with van der Waals surface area (Å²) in [5.41, 5.74) is -2.59. The van der Waals surface area contributed by atoms with Crippen molar-refractivity contribution in [1.29, 1.82) is 0 Å². The van der Waals surface area contributed by atoms with Crippen molar-refractivity contribution in [2.45, 2.75) is 0 Å². The van der Waals surface area contributed by atoms with Gasteiger partial charge in [0, 0.05) is 12.3 Å². The van der Waals surface area contributed by atoms with E-state index in [9.17, 15) is 28.1 Å². The number of rotatable bonds is 3. The third-order valence-electron chi connectivity index (χ3n) is 2.52. The van der Waals surface area contributed by atoms with E-state index < -0.39 is 39.5 Å². The average molecular weight is 297 g/mol. The predicted molar refractivity (Wildman–Crippen MR) is 65.2 cm³/mol. The number of carbonyl (C=O) groups excluding carboxylic acids is 1. The molecule has 108 valence electrons. The molecule has 1 aromatic heterocycles. The summed E-state index contributed by atoms with van der Waals surface area (Å²) in [6, 6.07) is 2.24. The van der Waals surface area contributed by atoms with Gasteiger partial charge in [-0.05, 0) is 12.1 Å². The second-order valence-corrected chi connectivity index (χ2v) is 3.82. The lowest BCUT2D eigenvalue weighted by Crippen LogP contribution is -2.17. The minimum Gasteiger partial charge on any atom is -0.319 e. The molecule has 0 spiro atoms. The van der Waals surface area contributed by atoms with Gasteiger partial charge in [-0.3, -0.25) is 19.9 Å². The number of hydrogen-bond donors (Lipinski definition) is 1. The third-order valence-corrected chi connectivity index (χ3v) is 2.52. The minimum absolute atomic E-state index is 0.361. The largest absolute Gasteiger partial charge is 0.319 e. The van der Waals surface area contributed by atoms with E-state index in [4.69, 9.17) is 0 Å². The molecule has 0 radical (unpaired) electrons. The second-order valence-electron chi connectivity index (χ2n) is 3.82. The molecule has 2 rings (SSSR count). The van der Waals surface area contributed by atoms with Gasteiger partial charge in [0.25, 0.3) is 5.91 Å². The van der Waals surface area contributed by atoms with E-state index in [-0.39, 0.29) is 5.69 Å². The van der Waals surface area contributed by atoms with Crippen molar-refractivity contribution in [2.24, 2.45) is 0 Å². The maximum atomic E-state index is 13.8. The lowest BCUT2D eigenvalue weighted by atomic mass is 10.1. The average Bonchev–Trinajstić information content (AvgIpc) is 2.41. The number of anilines is 1. The molecule has 0 unspecified atom stereocenters. The summed E-state index contributed by atoms with van der Waals surface area (Å²) < 4.78 is 40.6. The molecule has 9 heteroatoms. The van der Waals surface area contributed by atoms with Crippen molar-refractivity contribution in [3.05, 3.63) is 63.7 Å². The van der Waals surface area contributed by atoms with Crippen molar-refractivity contribution in [2.75, 3.05) is 5.32 Å². The Morgan fingerprint density at radius 1 is 1.19 bits per heavy atom. The van der Waals surface area contributed by atoms with E-state index in [0.29, 0.717) is 12.1 Å². The van der Waals surface area contributed by atoms with Crippen LogP contribution in [0.15, 0.2) is 30.6 Å². The van der Waals surface area contributed by atoms with Crippen molar-refractivity contribution in [1.82, 2.24) is 4.98 Å². The van der Waals surface area contributed by atoms with Gasteiger partial charge < -0.3 is 5.32 Å². The summed E-state index contributed by atoms with van der Waals surface area (Å²) in [6.45, 7) is 0. The molecule has 0 aliphatic carbocycles. The molecule has 6 nitrogen and oxygen atoms in total. The monoisotopic (exact) mass is 297 g/mol. The Balaban J connectivity index is 2.42. The van der Waals surface area contributed by atoms with Crippen LogP contribution in [0.3, 0.4) is 0 Å². The van der Waals surface area contributed by atoms with Crippen LogP contribution >= 0.6 is 0 Å². The Bertz CT molecular complexity index is 737. The molecule has 0 aliphatic rings. The zero-order chi connectivity index (χ0) is 15.6. The number of amides is 1. The number of hydrogen-bond acceptors (Lipinski definition) is 4. The number of carbonyl (C=O) groups is 1. The van der Waals surface area contributed by atoms with Gasteiger partial charge >= 0.3 is 5.69 Å². The topological polar surface area (TPSA) is 85.1 Å². The van der Waals surface area contributed by atoms with E-state index in [1.54, 1.807) is 0 Å². The Labute approximate surface area is 115 Å². The molecular weight excluding hydrogens is 291 g/mol. The number of benzene rings is 1. The number of halogens is 3. The van der Waals surface area contributed by atoms with Crippen LogP contribution in [-0.4, -0.2) is 15.8 Å². The van der Waals surface area contributed by atoms with Crippen LogP contribution < -0.4 is 5.32 Å². The van der Waals surface area contributed by atoms with E-state index >= 15 is 0 Å². The maximum Gasteiger partial charge on any atom is 0.305 e. The van der Waals surface area contributed by atoms with Crippen molar-refractivity contribution < 1.29 is 22.9 Å². The molecule has 2 aromatic rings. The fourth-order valence-electron chi connectivity index (χ4n) is 1.55. The summed E-state index contributed by atoms with van der Waals surface area (Å²) >= 11 is 0. The number of nitro benzene ring substituents is 1. The summed E-state index contributed by atoms with van der Waals surface area (Å²) in [4.78, 5) is 24.7. The molecule has 0 saturated carbocycles. The maximum absolute atomic E-state index is 13.8. The Kier molecular flexibility index (Phi) is 3.83. The first-order chi connectivity index (χ1) is 9.91. The van der Waals surface area contributed by atoms with Gasteiger partial charge in [-0.1, -0.05) is 0 Å². The number of nitro groups is 1. The number of aromatic nitrogens is 1. The summed E-state index contributed by atoms with van der Waals surface area (Å²) in [7, 11) is 0. The number of nitrogens with zero attached hydrogens (tertiary/aromatic N) is 2. The van der Waals surface area contributed by atoms with Gasteiger partial charge in [0.15, 0.2) is 5.82 Å². The highest BCUT2D eigenvalue weighted by atomic mass is 19.1. The standard InChI is InChI=1S/C12H6F3N3O3/c13-6-1-2-9(18(20)21)11(15)10(6)12(19)17-8-3-4-16-5-7(8)14/h1-5H,(H,16,17,19). The molecule has 0 bridgehead atoms. The van der Waals surface area contributed by atoms with E-state index in [0.717, 1.165) is 18.5 Å². The van der Waals surface area contributed by atoms with Gasteiger partial charge in [-0.25, -0.2) is 8.78 Å². The fourth-order valence-corrected chi connectivity index (χ4v) is 1.55. The van der Waals surface area contributed by atoms with Crippen LogP contribution in [0.4, 0.5) is 24.5 Å². The Hall–Kier alpha value is -2.97. The highest BCUT2D eigenvalue weighted by Gasteiger charge is 2.26. The van der Waals surface area contributed by atoms with Crippen LogP contribution in [0.2, 0.25) is 0 Å². The SMILES string of the molecule is O=C(Nc1ccncc1F)c1c(F)ccc([N+](=O)[O-])c1F. The zero-order valence-corrected chi connectivity index (χ0v) is 10.1. The molecule has 0 fully saturated rings. The molecule has 1 heterocycles. The van der Waals surface area contributed by atoms with Crippen LogP contribution in [0.25, 0.3) is 0 Å². The van der Waals surface area contributed by atoms with E-state index in [2.05, 4.69) is 4.98 Å². The Morgan fingerprint density at radius 3 is 2.52 bits per heavy atom. The van der Waals surface area contributed by atoms with Crippen molar-refractivity contribution in [3.8, 4) is 0 Å². The number of nitrogens with one attached hydrogen (secondary N) is 1. The predicted octanol–water partition coefficient (Wildman–Crippen LogP) is 2.66. The van der Waals surface area contributed by atoms with Gasteiger partial charge in [0.05, 0.1) is 16.8 Å². The summed E-state index contributed by atoms with van der Waals surface area (Å²) in [6.07, 6.45) is 1.94. The normalized spacial score (nSPS) is 10.2. The molecule has 0 saturated heterocycles. The number of pyridine rings is 1. The van der Waals surface area contributed by atoms with E-state index in [1.165, 1.54) is 0 Å². The first-order valence-electron chi connectivity index (χ1n) is 5.45.